The van der Waals surface area contributed by atoms with Crippen molar-refractivity contribution >= 4 is 23.5 Å². The Bertz CT molecular complexity index is 443. The van der Waals surface area contributed by atoms with Gasteiger partial charge in [0.15, 0.2) is 11.5 Å². The van der Waals surface area contributed by atoms with Gasteiger partial charge >= 0.3 is 0 Å². The SMILES string of the molecule is [B]C([B])(C)NC([B])(C)Cc1ccc2c(c1)OCO2. The van der Waals surface area contributed by atoms with Crippen molar-refractivity contribution in [2.24, 2.45) is 0 Å². The first kappa shape index (κ1) is 13.4. The molecule has 0 saturated carbocycles. The summed E-state index contributed by atoms with van der Waals surface area (Å²) in [5.74, 6) is 1.50. The molecule has 1 aromatic carbocycles. The highest BCUT2D eigenvalue weighted by Crippen LogP contribution is 2.33. The molecule has 1 heterocycles. The van der Waals surface area contributed by atoms with Gasteiger partial charge in [0.1, 0.15) is 0 Å². The van der Waals surface area contributed by atoms with Crippen LogP contribution in [0.4, 0.5) is 0 Å². The molecule has 1 N–H and O–H groups in total. The van der Waals surface area contributed by atoms with E-state index in [9.17, 15) is 0 Å². The molecule has 0 bridgehead atoms. The zero-order valence-corrected chi connectivity index (χ0v) is 10.7. The van der Waals surface area contributed by atoms with Crippen molar-refractivity contribution in [2.75, 3.05) is 6.79 Å². The van der Waals surface area contributed by atoms with Crippen molar-refractivity contribution < 1.29 is 9.47 Å². The molecule has 1 atom stereocenters. The number of hydrogen-bond acceptors (Lipinski definition) is 3. The Morgan fingerprint density at radius 2 is 1.83 bits per heavy atom. The zero-order valence-electron chi connectivity index (χ0n) is 10.7. The van der Waals surface area contributed by atoms with Crippen LogP contribution in [0.25, 0.3) is 0 Å². The van der Waals surface area contributed by atoms with Crippen LogP contribution in [0.5, 0.6) is 11.5 Å². The predicted octanol–water partition coefficient (Wildman–Crippen LogP) is 0.443. The van der Waals surface area contributed by atoms with Gasteiger partial charge in [0, 0.05) is 0 Å². The molecule has 3 nitrogen and oxygen atoms in total. The molecule has 1 unspecified atom stereocenters. The van der Waals surface area contributed by atoms with E-state index >= 15 is 0 Å². The molecular formula is C12H14B3NO2. The second kappa shape index (κ2) is 4.58. The van der Waals surface area contributed by atoms with E-state index in [1.165, 1.54) is 0 Å². The topological polar surface area (TPSA) is 30.5 Å². The first-order valence-corrected chi connectivity index (χ1v) is 5.80. The highest BCUT2D eigenvalue weighted by Gasteiger charge is 2.24. The maximum atomic E-state index is 6.14. The lowest BCUT2D eigenvalue weighted by Crippen LogP contribution is -2.57. The largest absolute Gasteiger partial charge is 0.454 e. The molecule has 6 heteroatoms. The minimum Gasteiger partial charge on any atom is -0.454 e. The molecule has 6 radical (unpaired) electrons. The van der Waals surface area contributed by atoms with E-state index in [2.05, 4.69) is 5.32 Å². The second-order valence-corrected chi connectivity index (χ2v) is 5.19. The number of fused-ring (bicyclic) bond motifs is 1. The summed E-state index contributed by atoms with van der Waals surface area (Å²) in [6, 6.07) is 5.74. The standard InChI is InChI=1S/C12H14B3NO2/c1-11(13,16-12(2,14)15)6-8-3-4-9-10(5-8)18-7-17-9/h3-5,16H,6-7H2,1-2H3. The summed E-state index contributed by atoms with van der Waals surface area (Å²) in [7, 11) is 17.6. The van der Waals surface area contributed by atoms with Gasteiger partial charge in [-0.2, -0.15) is 0 Å². The summed E-state index contributed by atoms with van der Waals surface area (Å²) in [4.78, 5) is 0. The van der Waals surface area contributed by atoms with Crippen LogP contribution in [-0.2, 0) is 6.42 Å². The number of hydrogen-bond donors (Lipinski definition) is 1. The Balaban J connectivity index is 2.09. The van der Waals surface area contributed by atoms with Gasteiger partial charge < -0.3 is 14.8 Å². The molecule has 0 aromatic heterocycles. The monoisotopic (exact) mass is 237 g/mol. The summed E-state index contributed by atoms with van der Waals surface area (Å²) < 4.78 is 10.6. The van der Waals surface area contributed by atoms with E-state index < -0.39 is 10.8 Å². The van der Waals surface area contributed by atoms with Crippen LogP contribution in [0, 0.1) is 0 Å². The van der Waals surface area contributed by atoms with Crippen molar-refractivity contribution in [1.29, 1.82) is 0 Å². The van der Waals surface area contributed by atoms with Gasteiger partial charge in [-0.1, -0.05) is 25.3 Å². The molecule has 0 amide bonds. The van der Waals surface area contributed by atoms with Gasteiger partial charge in [0.25, 0.3) is 0 Å². The van der Waals surface area contributed by atoms with Crippen LogP contribution < -0.4 is 14.8 Å². The number of rotatable bonds is 4. The quantitative estimate of drug-likeness (QED) is 0.770. The normalized spacial score (nSPS) is 17.4. The van der Waals surface area contributed by atoms with E-state index in [0.29, 0.717) is 6.42 Å². The van der Waals surface area contributed by atoms with Crippen molar-refractivity contribution in [3.8, 4) is 11.5 Å². The molecule has 2 rings (SSSR count). The third-order valence-corrected chi connectivity index (χ3v) is 2.56. The molecule has 0 aliphatic carbocycles. The smallest absolute Gasteiger partial charge is 0.231 e. The van der Waals surface area contributed by atoms with Gasteiger partial charge in [-0.15, -0.1) is 0 Å². The number of benzene rings is 1. The van der Waals surface area contributed by atoms with Crippen molar-refractivity contribution in [3.63, 3.8) is 0 Å². The second-order valence-electron chi connectivity index (χ2n) is 5.19. The van der Waals surface area contributed by atoms with Gasteiger partial charge in [-0.05, 0) is 29.6 Å². The molecular weight excluding hydrogens is 223 g/mol. The summed E-state index contributed by atoms with van der Waals surface area (Å²) in [5.41, 5.74) is 0.326. The average Bonchev–Trinajstić information content (AvgIpc) is 2.59. The van der Waals surface area contributed by atoms with Crippen LogP contribution in [0.2, 0.25) is 0 Å². The summed E-state index contributed by atoms with van der Waals surface area (Å²) >= 11 is 0. The highest BCUT2D eigenvalue weighted by molar-refractivity contribution is 6.40. The first-order chi connectivity index (χ1) is 8.25. The van der Waals surface area contributed by atoms with Crippen molar-refractivity contribution in [2.45, 2.75) is 31.0 Å². The van der Waals surface area contributed by atoms with Crippen LogP contribution >= 0.6 is 0 Å². The molecule has 0 fully saturated rings. The van der Waals surface area contributed by atoms with E-state index in [0.717, 1.165) is 17.1 Å². The van der Waals surface area contributed by atoms with E-state index in [-0.39, 0.29) is 6.79 Å². The molecule has 1 aromatic rings. The fourth-order valence-corrected chi connectivity index (χ4v) is 2.13. The van der Waals surface area contributed by atoms with Crippen LogP contribution in [0.1, 0.15) is 19.4 Å². The van der Waals surface area contributed by atoms with Gasteiger partial charge in [0.05, 0.1) is 23.5 Å². The van der Waals surface area contributed by atoms with Gasteiger partial charge in [0.2, 0.25) is 6.79 Å². The third-order valence-electron chi connectivity index (χ3n) is 2.56. The molecule has 18 heavy (non-hydrogen) atoms. The Labute approximate surface area is 112 Å². The number of nitrogens with one attached hydrogen (secondary N) is 1. The summed E-state index contributed by atoms with van der Waals surface area (Å²) in [5, 5.41) is 1.96. The van der Waals surface area contributed by atoms with Crippen LogP contribution in [0.15, 0.2) is 18.2 Å². The molecule has 1 aliphatic heterocycles. The maximum absolute atomic E-state index is 6.14. The van der Waals surface area contributed by atoms with Crippen molar-refractivity contribution in [3.05, 3.63) is 23.8 Å². The van der Waals surface area contributed by atoms with E-state index in [1.807, 2.05) is 25.1 Å². The average molecular weight is 237 g/mol. The highest BCUT2D eigenvalue weighted by atomic mass is 16.7. The molecule has 0 saturated heterocycles. The minimum atomic E-state index is -1.01. The fourth-order valence-electron chi connectivity index (χ4n) is 2.13. The first-order valence-electron chi connectivity index (χ1n) is 5.80. The number of ether oxygens (including phenoxy) is 2. The van der Waals surface area contributed by atoms with E-state index in [1.54, 1.807) is 6.92 Å². The van der Waals surface area contributed by atoms with Crippen LogP contribution in [-0.4, -0.2) is 41.1 Å². The lowest BCUT2D eigenvalue weighted by molar-refractivity contribution is 0.174. The Morgan fingerprint density at radius 3 is 2.50 bits per heavy atom. The zero-order chi connectivity index (χ0) is 13.4. The molecule has 88 valence electrons. The van der Waals surface area contributed by atoms with Gasteiger partial charge in [-0.3, -0.25) is 0 Å². The minimum absolute atomic E-state index is 0.264. The van der Waals surface area contributed by atoms with Crippen molar-refractivity contribution in [1.82, 2.24) is 5.32 Å². The summed E-state index contributed by atoms with van der Waals surface area (Å²) in [6.07, 6.45) is 0.577. The Kier molecular flexibility index (Phi) is 3.41. The fraction of sp³-hybridized carbons (Fsp3) is 0.500. The lowest BCUT2D eigenvalue weighted by Gasteiger charge is -2.36. The lowest BCUT2D eigenvalue weighted by atomic mass is 9.60. The maximum Gasteiger partial charge on any atom is 0.231 e. The summed E-state index contributed by atoms with van der Waals surface area (Å²) in [6.45, 7) is 3.77. The molecule has 1 aliphatic rings. The Hall–Kier alpha value is -1.03. The van der Waals surface area contributed by atoms with Crippen LogP contribution in [0.3, 0.4) is 0 Å². The molecule has 0 spiro atoms. The Morgan fingerprint density at radius 1 is 1.17 bits per heavy atom. The predicted molar refractivity (Wildman–Crippen MR) is 73.5 cm³/mol. The van der Waals surface area contributed by atoms with E-state index in [4.69, 9.17) is 33.0 Å². The third kappa shape index (κ3) is 3.48. The van der Waals surface area contributed by atoms with Gasteiger partial charge in [-0.25, -0.2) is 0 Å².